The van der Waals surface area contributed by atoms with Crippen LogP contribution in [0.1, 0.15) is 18.0 Å². The number of fused-ring (bicyclic) bond motifs is 1. The van der Waals surface area contributed by atoms with Crippen molar-refractivity contribution in [2.75, 3.05) is 7.11 Å². The Morgan fingerprint density at radius 3 is 2.56 bits per heavy atom. The first-order valence-corrected chi connectivity index (χ1v) is 8.13. The first-order chi connectivity index (χ1) is 12.7. The lowest BCUT2D eigenvalue weighted by Crippen LogP contribution is -2.41. The van der Waals surface area contributed by atoms with Crippen LogP contribution in [0.2, 0.25) is 0 Å². The van der Waals surface area contributed by atoms with Crippen LogP contribution in [-0.2, 0) is 4.74 Å². The van der Waals surface area contributed by atoms with Crippen molar-refractivity contribution in [3.05, 3.63) is 52.7 Å². The number of amidine groups is 1. The van der Waals surface area contributed by atoms with Gasteiger partial charge in [0.25, 0.3) is 0 Å². The zero-order chi connectivity index (χ0) is 19.8. The monoisotopic (exact) mass is 402 g/mol. The molecule has 1 aromatic carbocycles. The highest BCUT2D eigenvalue weighted by Crippen LogP contribution is 2.40. The summed E-state index contributed by atoms with van der Waals surface area (Å²) in [5.41, 5.74) is -0.297. The van der Waals surface area contributed by atoms with Crippen LogP contribution in [0.4, 0.5) is 18.0 Å². The zero-order valence-corrected chi connectivity index (χ0v) is 14.7. The van der Waals surface area contributed by atoms with E-state index in [2.05, 4.69) is 4.99 Å². The van der Waals surface area contributed by atoms with Crippen LogP contribution in [0.15, 0.2) is 52.1 Å². The van der Waals surface area contributed by atoms with Gasteiger partial charge in [-0.25, -0.2) is 9.79 Å². The van der Waals surface area contributed by atoms with Crippen molar-refractivity contribution in [1.82, 2.24) is 4.90 Å². The van der Waals surface area contributed by atoms with Crippen LogP contribution in [-0.4, -0.2) is 41.5 Å². The van der Waals surface area contributed by atoms with Crippen LogP contribution in [0.25, 0.3) is 0 Å². The second-order valence-corrected chi connectivity index (χ2v) is 6.20. The molecule has 0 bridgehead atoms. The molecule has 0 radical (unpaired) electrons. The van der Waals surface area contributed by atoms with Crippen LogP contribution in [0, 0.1) is 0 Å². The fourth-order valence-electron chi connectivity index (χ4n) is 2.90. The minimum atomic E-state index is -4.59. The Morgan fingerprint density at radius 2 is 2.00 bits per heavy atom. The molecule has 1 N–H and O–H groups in total. The molecule has 2 aliphatic rings. The fraction of sp³-hybridized carbons (Fsp3) is 0.294. The van der Waals surface area contributed by atoms with Crippen LogP contribution in [0.3, 0.4) is 0 Å². The highest BCUT2D eigenvalue weighted by atomic mass is 35.5. The second-order valence-electron chi connectivity index (χ2n) is 5.80. The third-order valence-electron chi connectivity index (χ3n) is 4.11. The van der Waals surface area contributed by atoms with Gasteiger partial charge in [0.15, 0.2) is 5.84 Å². The molecule has 1 aromatic rings. The Bertz CT molecular complexity index is 834. The Hall–Kier alpha value is -2.68. The predicted molar refractivity (Wildman–Crippen MR) is 90.6 cm³/mol. The van der Waals surface area contributed by atoms with Gasteiger partial charge in [0.05, 0.1) is 23.8 Å². The molecule has 27 heavy (non-hydrogen) atoms. The number of allylic oxidation sites excluding steroid dienone is 2. The smallest absolute Gasteiger partial charge is 0.497 e. The van der Waals surface area contributed by atoms with E-state index in [1.807, 2.05) is 0 Å². The molecular formula is C17H14ClF3N2O4. The molecule has 6 nitrogen and oxygen atoms in total. The molecule has 0 saturated heterocycles. The third-order valence-corrected chi connectivity index (χ3v) is 4.39. The van der Waals surface area contributed by atoms with E-state index in [1.165, 1.54) is 12.0 Å². The molecule has 2 heterocycles. The van der Waals surface area contributed by atoms with Gasteiger partial charge in [-0.2, -0.15) is 13.2 Å². The van der Waals surface area contributed by atoms with Crippen molar-refractivity contribution in [3.63, 3.8) is 0 Å². The number of alkyl halides is 3. The van der Waals surface area contributed by atoms with Crippen molar-refractivity contribution in [2.24, 2.45) is 4.99 Å². The van der Waals surface area contributed by atoms with Gasteiger partial charge in [-0.05, 0) is 23.8 Å². The number of benzene rings is 1. The molecule has 0 aliphatic carbocycles. The van der Waals surface area contributed by atoms with E-state index >= 15 is 0 Å². The van der Waals surface area contributed by atoms with Gasteiger partial charge in [-0.15, -0.1) is 0 Å². The molecule has 2 unspecified atom stereocenters. The van der Waals surface area contributed by atoms with Crippen molar-refractivity contribution in [3.8, 4) is 5.75 Å². The highest BCUT2D eigenvalue weighted by Gasteiger charge is 2.41. The van der Waals surface area contributed by atoms with Crippen LogP contribution in [0.5, 0.6) is 5.75 Å². The molecular weight excluding hydrogens is 389 g/mol. The number of methoxy groups -OCH3 is 1. The quantitative estimate of drug-likeness (QED) is 0.757. The molecule has 0 spiro atoms. The van der Waals surface area contributed by atoms with E-state index in [4.69, 9.17) is 26.2 Å². The van der Waals surface area contributed by atoms with E-state index in [1.54, 1.807) is 24.3 Å². The normalized spacial score (nSPS) is 22.3. The summed E-state index contributed by atoms with van der Waals surface area (Å²) in [5.74, 6) is 0.591. The van der Waals surface area contributed by atoms with Crippen LogP contribution < -0.4 is 4.74 Å². The summed E-state index contributed by atoms with van der Waals surface area (Å²) in [7, 11) is 1.49. The Labute approximate surface area is 157 Å². The number of carbonyl (C=O) groups is 1. The lowest BCUT2D eigenvalue weighted by atomic mass is 9.97. The second kappa shape index (κ2) is 7.15. The van der Waals surface area contributed by atoms with E-state index in [0.29, 0.717) is 11.3 Å². The van der Waals surface area contributed by atoms with Crippen molar-refractivity contribution < 1.29 is 32.5 Å². The number of halogens is 4. The lowest BCUT2D eigenvalue weighted by molar-refractivity contribution is -0.0894. The lowest BCUT2D eigenvalue weighted by Gasteiger charge is -2.39. The van der Waals surface area contributed by atoms with Crippen molar-refractivity contribution in [1.29, 1.82) is 0 Å². The molecule has 2 aliphatic heterocycles. The maximum atomic E-state index is 13.2. The van der Waals surface area contributed by atoms with Gasteiger partial charge in [0, 0.05) is 12.6 Å². The number of rotatable bonds is 3. The number of carboxylic acid groups (broad SMARTS) is 1. The summed E-state index contributed by atoms with van der Waals surface area (Å²) in [4.78, 5) is 16.2. The molecule has 144 valence electrons. The average molecular weight is 403 g/mol. The molecule has 0 aromatic heterocycles. The Balaban J connectivity index is 2.05. The molecule has 0 saturated carbocycles. The van der Waals surface area contributed by atoms with Gasteiger partial charge in [-0.3, -0.25) is 0 Å². The summed E-state index contributed by atoms with van der Waals surface area (Å²) in [5, 5.41) is 8.62. The Kier molecular flexibility index (Phi) is 5.05. The Morgan fingerprint density at radius 1 is 1.33 bits per heavy atom. The topological polar surface area (TPSA) is 71.4 Å². The number of nitrogens with zero attached hydrogens (tertiary/aromatic N) is 2. The fourth-order valence-corrected chi connectivity index (χ4v) is 3.16. The van der Waals surface area contributed by atoms with Gasteiger partial charge in [0.2, 0.25) is 6.23 Å². The third kappa shape index (κ3) is 4.02. The summed E-state index contributed by atoms with van der Waals surface area (Å²) < 4.78 is 49.4. The van der Waals surface area contributed by atoms with Gasteiger partial charge in [0.1, 0.15) is 5.75 Å². The maximum absolute atomic E-state index is 13.2. The van der Waals surface area contributed by atoms with Gasteiger partial charge in [-0.1, -0.05) is 23.7 Å². The summed E-state index contributed by atoms with van der Waals surface area (Å²) in [6, 6.07) is 6.01. The maximum Gasteiger partial charge on any atom is 0.507 e. The van der Waals surface area contributed by atoms with Gasteiger partial charge >= 0.3 is 12.3 Å². The number of hydrogen-bond donors (Lipinski definition) is 1. The number of aliphatic imine (C=N–C) groups is 1. The van der Waals surface area contributed by atoms with E-state index in [0.717, 1.165) is 12.3 Å². The van der Waals surface area contributed by atoms with Crippen LogP contribution >= 0.6 is 11.6 Å². The predicted octanol–water partition coefficient (Wildman–Crippen LogP) is 4.44. The molecule has 3 rings (SSSR count). The van der Waals surface area contributed by atoms with Crippen molar-refractivity contribution in [2.45, 2.75) is 24.9 Å². The minimum Gasteiger partial charge on any atom is -0.497 e. The molecule has 0 fully saturated rings. The van der Waals surface area contributed by atoms with E-state index < -0.39 is 30.2 Å². The largest absolute Gasteiger partial charge is 0.507 e. The van der Waals surface area contributed by atoms with E-state index in [9.17, 15) is 18.0 Å². The first kappa shape index (κ1) is 19.1. The standard InChI is InChI=1S/C17H14ClF3N2O4/c1-26-11-4-2-9(3-5-11)13-7-14(27-16(24)25)22-15-12(18)6-10(8-23(13)15)17(19,20)21/h2-6,8,13-14H,7H2,1H3,(H,24,25). The molecule has 2 atom stereocenters. The average Bonchev–Trinajstić information content (AvgIpc) is 2.60. The SMILES string of the molecule is COc1ccc(C2CC(OC(=O)O)N=C3C(Cl)=CC(C(F)(F)F)=CN32)cc1. The minimum absolute atomic E-state index is 0.0167. The van der Waals surface area contributed by atoms with E-state index in [-0.39, 0.29) is 17.3 Å². The zero-order valence-electron chi connectivity index (χ0n) is 13.9. The number of ether oxygens (including phenoxy) is 2. The van der Waals surface area contributed by atoms with Crippen molar-refractivity contribution >= 4 is 23.6 Å². The first-order valence-electron chi connectivity index (χ1n) is 7.75. The molecule has 10 heteroatoms. The van der Waals surface area contributed by atoms with Gasteiger partial charge < -0.3 is 19.5 Å². The summed E-state index contributed by atoms with van der Waals surface area (Å²) in [6.45, 7) is 0. The summed E-state index contributed by atoms with van der Waals surface area (Å²) in [6.07, 6.45) is -5.53. The summed E-state index contributed by atoms with van der Waals surface area (Å²) >= 11 is 6.02. The molecule has 0 amide bonds. The highest BCUT2D eigenvalue weighted by molar-refractivity contribution is 6.43. The number of hydrogen-bond acceptors (Lipinski definition) is 5.